The second-order valence-corrected chi connectivity index (χ2v) is 12.3. The highest BCUT2D eigenvalue weighted by molar-refractivity contribution is 5.89. The summed E-state index contributed by atoms with van der Waals surface area (Å²) in [5.74, 6) is 2.09. The SMILES string of the molecule is C[C@]12C=CC(=O)NC1CC[C@@H]1[C@H]2CC[C@]2(C)C(C(=O)NC(c3ccccc3)c3ccc(O)cc3)CC[C@@H]12. The Bertz CT molecular complexity index is 1210. The van der Waals surface area contributed by atoms with E-state index in [2.05, 4.69) is 42.7 Å². The van der Waals surface area contributed by atoms with Crippen LogP contribution in [0, 0.1) is 34.5 Å². The minimum atomic E-state index is -0.251. The third-order valence-electron chi connectivity index (χ3n) is 10.6. The van der Waals surface area contributed by atoms with Gasteiger partial charge < -0.3 is 15.7 Å². The smallest absolute Gasteiger partial charge is 0.243 e. The summed E-state index contributed by atoms with van der Waals surface area (Å²) in [6, 6.07) is 17.2. The monoisotopic (exact) mass is 498 g/mol. The predicted octanol–water partition coefficient (Wildman–Crippen LogP) is 5.51. The Kier molecular flexibility index (Phi) is 5.93. The van der Waals surface area contributed by atoms with Crippen LogP contribution < -0.4 is 10.6 Å². The zero-order chi connectivity index (χ0) is 25.8. The second-order valence-electron chi connectivity index (χ2n) is 12.3. The summed E-state index contributed by atoms with van der Waals surface area (Å²) < 4.78 is 0. The van der Waals surface area contributed by atoms with Crippen molar-refractivity contribution in [2.45, 2.75) is 64.5 Å². The molecule has 6 rings (SSSR count). The first-order valence-corrected chi connectivity index (χ1v) is 13.9. The van der Waals surface area contributed by atoms with Crippen molar-refractivity contribution < 1.29 is 14.7 Å². The molecule has 2 amide bonds. The maximum atomic E-state index is 14.0. The summed E-state index contributed by atoms with van der Waals surface area (Å²) in [6.45, 7) is 4.71. The number of benzene rings is 2. The number of hydrogen-bond acceptors (Lipinski definition) is 3. The average molecular weight is 499 g/mol. The lowest BCUT2D eigenvalue weighted by atomic mass is 9.48. The molecular formula is C32H38N2O3. The summed E-state index contributed by atoms with van der Waals surface area (Å²) in [5.41, 5.74) is 2.02. The molecule has 4 aliphatic rings. The highest BCUT2D eigenvalue weighted by Crippen LogP contribution is 2.65. The Hall–Kier alpha value is -3.08. The number of nitrogens with one attached hydrogen (secondary N) is 2. The Morgan fingerprint density at radius 1 is 0.946 bits per heavy atom. The zero-order valence-corrected chi connectivity index (χ0v) is 21.8. The molecule has 5 nitrogen and oxygen atoms in total. The first-order valence-electron chi connectivity index (χ1n) is 13.9. The van der Waals surface area contributed by atoms with Crippen LogP contribution in [0.1, 0.15) is 69.5 Å². The summed E-state index contributed by atoms with van der Waals surface area (Å²) in [5, 5.41) is 16.5. The lowest BCUT2D eigenvalue weighted by molar-refractivity contribution is -0.134. The van der Waals surface area contributed by atoms with E-state index in [-0.39, 0.29) is 46.4 Å². The molecule has 0 bridgehead atoms. The van der Waals surface area contributed by atoms with Crippen molar-refractivity contribution >= 4 is 11.8 Å². The van der Waals surface area contributed by atoms with Crippen molar-refractivity contribution in [1.29, 1.82) is 0 Å². The summed E-state index contributed by atoms with van der Waals surface area (Å²) in [4.78, 5) is 26.0. The van der Waals surface area contributed by atoms with Crippen molar-refractivity contribution in [3.05, 3.63) is 77.9 Å². The van der Waals surface area contributed by atoms with Crippen molar-refractivity contribution in [2.24, 2.45) is 34.5 Å². The predicted molar refractivity (Wildman–Crippen MR) is 143 cm³/mol. The molecule has 2 aromatic rings. The van der Waals surface area contributed by atoms with Crippen molar-refractivity contribution in [3.63, 3.8) is 0 Å². The van der Waals surface area contributed by atoms with Gasteiger partial charge in [-0.15, -0.1) is 0 Å². The number of phenolic OH excluding ortho intramolecular Hbond substituents is 1. The van der Waals surface area contributed by atoms with E-state index in [1.165, 1.54) is 0 Å². The molecule has 3 saturated carbocycles. The topological polar surface area (TPSA) is 78.4 Å². The maximum Gasteiger partial charge on any atom is 0.243 e. The third-order valence-corrected chi connectivity index (χ3v) is 10.6. The van der Waals surface area contributed by atoms with Gasteiger partial charge in [0, 0.05) is 17.4 Å². The Labute approximate surface area is 219 Å². The second kappa shape index (κ2) is 9.04. The lowest BCUT2D eigenvalue weighted by Crippen LogP contribution is -2.59. The third kappa shape index (κ3) is 3.98. The molecule has 0 spiro atoms. The highest BCUT2D eigenvalue weighted by atomic mass is 16.3. The van der Waals surface area contributed by atoms with Crippen LogP contribution in [0.3, 0.4) is 0 Å². The fourth-order valence-corrected chi connectivity index (χ4v) is 8.68. The van der Waals surface area contributed by atoms with Gasteiger partial charge in [0.15, 0.2) is 0 Å². The van der Waals surface area contributed by atoms with E-state index in [4.69, 9.17) is 0 Å². The van der Waals surface area contributed by atoms with Gasteiger partial charge in [-0.3, -0.25) is 9.59 Å². The number of hydrogen-bond donors (Lipinski definition) is 3. The van der Waals surface area contributed by atoms with E-state index in [1.807, 2.05) is 30.3 Å². The van der Waals surface area contributed by atoms with Gasteiger partial charge in [0.1, 0.15) is 5.75 Å². The van der Waals surface area contributed by atoms with Crippen LogP contribution >= 0.6 is 0 Å². The van der Waals surface area contributed by atoms with Gasteiger partial charge in [0.25, 0.3) is 0 Å². The van der Waals surface area contributed by atoms with Gasteiger partial charge in [-0.1, -0.05) is 62.4 Å². The van der Waals surface area contributed by atoms with Crippen LogP contribution in [0.5, 0.6) is 5.75 Å². The molecule has 3 aliphatic carbocycles. The quantitative estimate of drug-likeness (QED) is 0.520. The van der Waals surface area contributed by atoms with Gasteiger partial charge in [-0.25, -0.2) is 0 Å². The van der Waals surface area contributed by atoms with Gasteiger partial charge >= 0.3 is 0 Å². The molecule has 3 N–H and O–H groups in total. The lowest BCUT2D eigenvalue weighted by Gasteiger charge is -2.58. The molecule has 2 aromatic carbocycles. The Morgan fingerprint density at radius 3 is 2.43 bits per heavy atom. The van der Waals surface area contributed by atoms with E-state index in [9.17, 15) is 14.7 Å². The first-order chi connectivity index (χ1) is 17.8. The number of fused-ring (bicyclic) bond motifs is 5. The van der Waals surface area contributed by atoms with Crippen molar-refractivity contribution in [1.82, 2.24) is 10.6 Å². The molecule has 1 heterocycles. The number of carbonyl (C=O) groups excluding carboxylic acids is 2. The van der Waals surface area contributed by atoms with Gasteiger partial charge in [0.05, 0.1) is 6.04 Å². The number of phenols is 1. The summed E-state index contributed by atoms with van der Waals surface area (Å²) in [6.07, 6.45) is 10.3. The van der Waals surface area contributed by atoms with Gasteiger partial charge in [-0.05, 0) is 91.0 Å². The number of carbonyl (C=O) groups is 2. The van der Waals surface area contributed by atoms with E-state index in [0.717, 1.165) is 49.7 Å². The summed E-state index contributed by atoms with van der Waals surface area (Å²) >= 11 is 0. The Balaban J connectivity index is 1.24. The van der Waals surface area contributed by atoms with Gasteiger partial charge in [0.2, 0.25) is 11.8 Å². The minimum Gasteiger partial charge on any atom is -0.508 e. The van der Waals surface area contributed by atoms with Crippen molar-refractivity contribution in [2.75, 3.05) is 0 Å². The molecule has 0 aromatic heterocycles. The van der Waals surface area contributed by atoms with Crippen LogP contribution in [0.25, 0.3) is 0 Å². The standard InChI is InChI=1S/C32H38N2O3/c1-31-18-16-25-23(12-15-27-32(25,2)19-17-28(36)33-27)24(31)13-14-26(31)30(37)34-29(20-6-4-3-5-7-20)21-8-10-22(35)11-9-21/h3-11,17,19,23-27,29,35H,12-16,18H2,1-2H3,(H,33,36)(H,34,37)/t23-,24-,25+,26?,27?,29?,31-,32+/m0/s1. The average Bonchev–Trinajstić information content (AvgIpc) is 3.26. The molecular weight excluding hydrogens is 460 g/mol. The molecule has 194 valence electrons. The fraction of sp³-hybridized carbons (Fsp3) is 0.500. The Morgan fingerprint density at radius 2 is 1.68 bits per heavy atom. The van der Waals surface area contributed by atoms with Crippen LogP contribution in [0.4, 0.5) is 0 Å². The van der Waals surface area contributed by atoms with E-state index in [0.29, 0.717) is 17.8 Å². The van der Waals surface area contributed by atoms with Crippen LogP contribution in [-0.2, 0) is 9.59 Å². The minimum absolute atomic E-state index is 0.00564. The zero-order valence-electron chi connectivity index (χ0n) is 21.8. The molecule has 5 heteroatoms. The summed E-state index contributed by atoms with van der Waals surface area (Å²) in [7, 11) is 0. The molecule has 0 saturated heterocycles. The molecule has 3 unspecified atom stereocenters. The number of rotatable bonds is 4. The molecule has 0 radical (unpaired) electrons. The van der Waals surface area contributed by atoms with Crippen LogP contribution in [-0.4, -0.2) is 23.0 Å². The van der Waals surface area contributed by atoms with Crippen molar-refractivity contribution in [3.8, 4) is 5.75 Å². The first kappa shape index (κ1) is 24.3. The number of amides is 2. The van der Waals surface area contributed by atoms with E-state index in [1.54, 1.807) is 18.2 Å². The van der Waals surface area contributed by atoms with E-state index < -0.39 is 0 Å². The molecule has 3 fully saturated rings. The molecule has 37 heavy (non-hydrogen) atoms. The van der Waals surface area contributed by atoms with Crippen LogP contribution in [0.2, 0.25) is 0 Å². The molecule has 1 aliphatic heterocycles. The van der Waals surface area contributed by atoms with E-state index >= 15 is 0 Å². The normalized spacial score (nSPS) is 37.0. The largest absolute Gasteiger partial charge is 0.508 e. The van der Waals surface area contributed by atoms with Gasteiger partial charge in [-0.2, -0.15) is 0 Å². The maximum absolute atomic E-state index is 14.0. The fourth-order valence-electron chi connectivity index (χ4n) is 8.68. The highest BCUT2D eigenvalue weighted by Gasteiger charge is 2.61. The van der Waals surface area contributed by atoms with Crippen LogP contribution in [0.15, 0.2) is 66.7 Å². The number of aromatic hydroxyl groups is 1. The molecule has 8 atom stereocenters.